The van der Waals surface area contributed by atoms with Crippen LogP contribution < -0.4 is 5.73 Å². The van der Waals surface area contributed by atoms with Crippen molar-refractivity contribution in [1.82, 2.24) is 0 Å². The monoisotopic (exact) mass is 263 g/mol. The van der Waals surface area contributed by atoms with Gasteiger partial charge in [-0.05, 0) is 18.1 Å². The first kappa shape index (κ1) is 13.6. The summed E-state index contributed by atoms with van der Waals surface area (Å²) >= 11 is 11.7. The van der Waals surface area contributed by atoms with Gasteiger partial charge in [0.1, 0.15) is 5.75 Å². The van der Waals surface area contributed by atoms with Crippen LogP contribution in [0.5, 0.6) is 5.75 Å². The van der Waals surface area contributed by atoms with Crippen LogP contribution in [0.4, 0.5) is 0 Å². The number of hydrogen-bond acceptors (Lipinski definition) is 3. The molecule has 0 radical (unpaired) electrons. The highest BCUT2D eigenvalue weighted by molar-refractivity contribution is 6.35. The molecule has 3 nitrogen and oxygen atoms in total. The second-order valence-corrected chi connectivity index (χ2v) is 4.92. The maximum absolute atomic E-state index is 9.84. The first-order valence-electron chi connectivity index (χ1n) is 4.96. The number of aliphatic hydroxyl groups is 1. The molecule has 2 atom stereocenters. The minimum Gasteiger partial charge on any atom is -0.507 e. The van der Waals surface area contributed by atoms with Crippen LogP contribution in [0.3, 0.4) is 0 Å². The molecular weight excluding hydrogens is 249 g/mol. The zero-order valence-electron chi connectivity index (χ0n) is 9.11. The Labute approximate surface area is 105 Å². The summed E-state index contributed by atoms with van der Waals surface area (Å²) in [5.41, 5.74) is 6.18. The quantitative estimate of drug-likeness (QED) is 0.786. The Hall–Kier alpha value is -0.480. The van der Waals surface area contributed by atoms with Gasteiger partial charge < -0.3 is 15.9 Å². The molecule has 1 rings (SSSR count). The summed E-state index contributed by atoms with van der Waals surface area (Å²) in [5.74, 6) is -0.120. The number of aliphatic hydroxyl groups excluding tert-OH is 1. The fourth-order valence-corrected chi connectivity index (χ4v) is 2.10. The minimum atomic E-state index is -0.774. The Morgan fingerprint density at radius 3 is 2.25 bits per heavy atom. The minimum absolute atomic E-state index is 0.0267. The Bertz CT molecular complexity index is 359. The third-order valence-corrected chi connectivity index (χ3v) is 2.99. The zero-order valence-corrected chi connectivity index (χ0v) is 10.6. The first-order chi connectivity index (χ1) is 7.34. The number of phenolic OH excluding ortho intramolecular Hbond substituents is 1. The van der Waals surface area contributed by atoms with E-state index in [1.54, 1.807) is 0 Å². The summed E-state index contributed by atoms with van der Waals surface area (Å²) < 4.78 is 0. The van der Waals surface area contributed by atoms with Gasteiger partial charge in [-0.25, -0.2) is 0 Å². The lowest BCUT2D eigenvalue weighted by Crippen LogP contribution is -2.30. The smallest absolute Gasteiger partial charge is 0.123 e. The van der Waals surface area contributed by atoms with Crippen LogP contribution in [0.2, 0.25) is 10.0 Å². The van der Waals surface area contributed by atoms with Gasteiger partial charge in [0.15, 0.2) is 0 Å². The van der Waals surface area contributed by atoms with Crippen LogP contribution in [-0.2, 0) is 0 Å². The fourth-order valence-electron chi connectivity index (χ4n) is 1.49. The first-order valence-corrected chi connectivity index (χ1v) is 5.71. The van der Waals surface area contributed by atoms with Crippen LogP contribution in [0, 0.1) is 5.92 Å². The Morgan fingerprint density at radius 1 is 1.25 bits per heavy atom. The molecule has 0 saturated carbocycles. The van der Waals surface area contributed by atoms with E-state index in [1.807, 2.05) is 13.8 Å². The lowest BCUT2D eigenvalue weighted by molar-refractivity contribution is 0.0970. The summed E-state index contributed by atoms with van der Waals surface area (Å²) in [4.78, 5) is 0. The molecular formula is C11H15Cl2NO2. The predicted molar refractivity (Wildman–Crippen MR) is 65.9 cm³/mol. The molecule has 0 unspecified atom stereocenters. The van der Waals surface area contributed by atoms with E-state index in [0.717, 1.165) is 0 Å². The van der Waals surface area contributed by atoms with Gasteiger partial charge in [-0.1, -0.05) is 37.0 Å². The topological polar surface area (TPSA) is 66.5 Å². The van der Waals surface area contributed by atoms with E-state index >= 15 is 0 Å². The molecule has 5 heteroatoms. The molecule has 0 spiro atoms. The van der Waals surface area contributed by atoms with E-state index in [-0.39, 0.29) is 16.7 Å². The maximum atomic E-state index is 9.84. The van der Waals surface area contributed by atoms with Crippen LogP contribution >= 0.6 is 23.2 Å². The van der Waals surface area contributed by atoms with E-state index in [9.17, 15) is 10.2 Å². The number of halogens is 2. The van der Waals surface area contributed by atoms with Crippen molar-refractivity contribution < 1.29 is 10.2 Å². The molecule has 0 aliphatic carbocycles. The molecule has 1 aromatic rings. The number of hydrogen-bond donors (Lipinski definition) is 3. The standard InChI is InChI=1S/C11H15Cl2NO2/c1-5(2)11(16)10(14)9-7(13)3-6(12)4-8(9)15/h3-5,10-11,15-16H,14H2,1-2H3/t10-,11+/m1/s1. The molecule has 0 heterocycles. The largest absolute Gasteiger partial charge is 0.507 e. The summed E-state index contributed by atoms with van der Waals surface area (Å²) in [7, 11) is 0. The molecule has 0 aromatic heterocycles. The molecule has 16 heavy (non-hydrogen) atoms. The molecule has 0 aliphatic rings. The summed E-state index contributed by atoms with van der Waals surface area (Å²) in [5, 5.41) is 20.1. The highest BCUT2D eigenvalue weighted by atomic mass is 35.5. The van der Waals surface area contributed by atoms with Gasteiger partial charge in [-0.2, -0.15) is 0 Å². The van der Waals surface area contributed by atoms with Gasteiger partial charge in [0.2, 0.25) is 0 Å². The lowest BCUT2D eigenvalue weighted by Gasteiger charge is -2.24. The molecule has 1 aromatic carbocycles. The third kappa shape index (κ3) is 2.80. The Kier molecular flexibility index (Phi) is 4.44. The molecule has 0 fully saturated rings. The number of aromatic hydroxyl groups is 1. The molecule has 0 bridgehead atoms. The van der Waals surface area contributed by atoms with Gasteiger partial charge in [0.25, 0.3) is 0 Å². The SMILES string of the molecule is CC(C)[C@H](O)[C@H](N)c1c(O)cc(Cl)cc1Cl. The van der Waals surface area contributed by atoms with Crippen LogP contribution in [0.1, 0.15) is 25.5 Å². The van der Waals surface area contributed by atoms with Crippen molar-refractivity contribution in [1.29, 1.82) is 0 Å². The summed E-state index contributed by atoms with van der Waals surface area (Å²) in [6.07, 6.45) is -0.774. The zero-order chi connectivity index (χ0) is 12.5. The molecule has 0 aliphatic heterocycles. The molecule has 0 amide bonds. The van der Waals surface area contributed by atoms with Crippen molar-refractivity contribution in [2.24, 2.45) is 11.7 Å². The number of benzene rings is 1. The highest BCUT2D eigenvalue weighted by Gasteiger charge is 2.25. The van der Waals surface area contributed by atoms with E-state index in [4.69, 9.17) is 28.9 Å². The predicted octanol–water partition coefficient (Wildman–Crippen LogP) is 2.72. The second-order valence-electron chi connectivity index (χ2n) is 4.08. The van der Waals surface area contributed by atoms with Crippen LogP contribution in [0.25, 0.3) is 0 Å². The van der Waals surface area contributed by atoms with Crippen molar-refractivity contribution in [3.63, 3.8) is 0 Å². The van der Waals surface area contributed by atoms with Crippen molar-refractivity contribution in [2.45, 2.75) is 26.0 Å². The third-order valence-electron chi connectivity index (χ3n) is 2.46. The van der Waals surface area contributed by atoms with E-state index in [1.165, 1.54) is 12.1 Å². The van der Waals surface area contributed by atoms with E-state index in [2.05, 4.69) is 0 Å². The van der Waals surface area contributed by atoms with E-state index < -0.39 is 12.1 Å². The Morgan fingerprint density at radius 2 is 1.81 bits per heavy atom. The molecule has 90 valence electrons. The van der Waals surface area contributed by atoms with Gasteiger partial charge >= 0.3 is 0 Å². The lowest BCUT2D eigenvalue weighted by atomic mass is 9.94. The van der Waals surface area contributed by atoms with Crippen molar-refractivity contribution in [2.75, 3.05) is 0 Å². The average Bonchev–Trinajstić information content (AvgIpc) is 2.14. The Balaban J connectivity index is 3.13. The maximum Gasteiger partial charge on any atom is 0.123 e. The van der Waals surface area contributed by atoms with Gasteiger partial charge in [0.05, 0.1) is 17.2 Å². The van der Waals surface area contributed by atoms with Crippen molar-refractivity contribution in [3.05, 3.63) is 27.7 Å². The average molecular weight is 264 g/mol. The summed E-state index contributed by atoms with van der Waals surface area (Å²) in [6, 6.07) is 2.12. The number of rotatable bonds is 3. The number of nitrogens with two attached hydrogens (primary N) is 1. The van der Waals surface area contributed by atoms with Gasteiger partial charge in [0, 0.05) is 10.6 Å². The van der Waals surface area contributed by atoms with E-state index in [0.29, 0.717) is 10.6 Å². The van der Waals surface area contributed by atoms with Crippen LogP contribution in [0.15, 0.2) is 12.1 Å². The fraction of sp³-hybridized carbons (Fsp3) is 0.455. The normalized spacial score (nSPS) is 15.2. The summed E-state index contributed by atoms with van der Waals surface area (Å²) in [6.45, 7) is 3.68. The van der Waals surface area contributed by atoms with Crippen LogP contribution in [-0.4, -0.2) is 16.3 Å². The van der Waals surface area contributed by atoms with Crippen molar-refractivity contribution >= 4 is 23.2 Å². The van der Waals surface area contributed by atoms with Gasteiger partial charge in [-0.3, -0.25) is 0 Å². The van der Waals surface area contributed by atoms with Crippen molar-refractivity contribution in [3.8, 4) is 5.75 Å². The number of phenols is 1. The molecule has 4 N–H and O–H groups in total. The highest BCUT2D eigenvalue weighted by Crippen LogP contribution is 2.36. The second kappa shape index (κ2) is 5.23. The van der Waals surface area contributed by atoms with Gasteiger partial charge in [-0.15, -0.1) is 0 Å². The molecule has 0 saturated heterocycles.